The molecule has 9 nitrogen and oxygen atoms in total. The number of carbonyl (C=O) groups is 2. The molecule has 0 aliphatic heterocycles. The Balaban J connectivity index is 1.50. The standard InChI is InChI=1S/C23H20ClFN4O5S/c1-13-20-18(26-29-35(32,33)17-11-9-16(25)10-12-17)3-2-4-19(20)34-21(13)23(31)28-27-22(30)14-5-7-15(24)8-6-14/h5-12,29H,2-4H2,1H3,(H,27,30)(H,28,31)/b26-18+. The van der Waals surface area contributed by atoms with E-state index in [9.17, 15) is 22.4 Å². The Bertz CT molecular complexity index is 1420. The molecule has 0 fully saturated rings. The molecule has 0 unspecified atom stereocenters. The second-order valence-electron chi connectivity index (χ2n) is 7.73. The van der Waals surface area contributed by atoms with E-state index in [1.165, 1.54) is 12.1 Å². The predicted molar refractivity (Wildman–Crippen MR) is 126 cm³/mol. The number of halogens is 2. The van der Waals surface area contributed by atoms with Crippen LogP contribution in [0.5, 0.6) is 0 Å². The Morgan fingerprint density at radius 2 is 1.66 bits per heavy atom. The smallest absolute Gasteiger partial charge is 0.305 e. The number of hydrazine groups is 1. The summed E-state index contributed by atoms with van der Waals surface area (Å²) in [5, 5.41) is 4.53. The number of furan rings is 1. The third-order valence-electron chi connectivity index (χ3n) is 5.35. The van der Waals surface area contributed by atoms with Crippen LogP contribution in [0.2, 0.25) is 5.02 Å². The normalized spacial score (nSPS) is 14.3. The van der Waals surface area contributed by atoms with Crippen LogP contribution in [-0.4, -0.2) is 25.9 Å². The van der Waals surface area contributed by atoms with Gasteiger partial charge in [0, 0.05) is 28.1 Å². The number of rotatable bonds is 5. The maximum absolute atomic E-state index is 13.1. The number of benzene rings is 2. The number of nitrogens with zero attached hydrogens (tertiary/aromatic N) is 1. The van der Waals surface area contributed by atoms with Crippen molar-refractivity contribution in [3.8, 4) is 0 Å². The average Bonchev–Trinajstić information content (AvgIpc) is 3.19. The van der Waals surface area contributed by atoms with Gasteiger partial charge in [0.2, 0.25) is 0 Å². The van der Waals surface area contributed by atoms with Crippen molar-refractivity contribution in [2.24, 2.45) is 5.10 Å². The molecule has 1 aromatic heterocycles. The number of hydrogen-bond acceptors (Lipinski definition) is 6. The molecular weight excluding hydrogens is 499 g/mol. The largest absolute Gasteiger partial charge is 0.455 e. The van der Waals surface area contributed by atoms with Crippen LogP contribution in [0.15, 0.2) is 62.9 Å². The maximum atomic E-state index is 13.1. The first kappa shape index (κ1) is 24.4. The summed E-state index contributed by atoms with van der Waals surface area (Å²) in [5.74, 6) is -1.31. The van der Waals surface area contributed by atoms with Crippen LogP contribution in [0.25, 0.3) is 0 Å². The summed E-state index contributed by atoms with van der Waals surface area (Å²) >= 11 is 5.81. The lowest BCUT2D eigenvalue weighted by atomic mass is 9.93. The number of nitrogens with one attached hydrogen (secondary N) is 3. The summed E-state index contributed by atoms with van der Waals surface area (Å²) in [6.07, 6.45) is 1.61. The van der Waals surface area contributed by atoms with Gasteiger partial charge in [-0.15, -0.1) is 0 Å². The van der Waals surface area contributed by atoms with E-state index in [4.69, 9.17) is 16.0 Å². The van der Waals surface area contributed by atoms with Crippen molar-refractivity contribution in [2.75, 3.05) is 0 Å². The molecule has 1 aliphatic rings. The number of amides is 2. The van der Waals surface area contributed by atoms with Gasteiger partial charge in [-0.25, -0.2) is 4.39 Å². The van der Waals surface area contributed by atoms with E-state index < -0.39 is 27.7 Å². The van der Waals surface area contributed by atoms with Crippen molar-refractivity contribution in [1.29, 1.82) is 0 Å². The molecule has 0 bridgehead atoms. The molecule has 182 valence electrons. The Kier molecular flexibility index (Phi) is 6.90. The molecule has 3 aromatic rings. The van der Waals surface area contributed by atoms with E-state index in [0.717, 1.165) is 24.3 Å². The fraction of sp³-hybridized carbons (Fsp3) is 0.174. The summed E-state index contributed by atoms with van der Waals surface area (Å²) in [6, 6.07) is 10.5. The Morgan fingerprint density at radius 3 is 2.34 bits per heavy atom. The van der Waals surface area contributed by atoms with Crippen LogP contribution in [0.4, 0.5) is 4.39 Å². The van der Waals surface area contributed by atoms with Crippen LogP contribution in [0.1, 0.15) is 50.6 Å². The highest BCUT2D eigenvalue weighted by Crippen LogP contribution is 2.30. The first-order valence-corrected chi connectivity index (χ1v) is 12.3. The molecule has 12 heteroatoms. The van der Waals surface area contributed by atoms with Gasteiger partial charge in [-0.3, -0.25) is 20.4 Å². The third-order valence-corrected chi connectivity index (χ3v) is 6.83. The lowest BCUT2D eigenvalue weighted by Crippen LogP contribution is -2.41. The van der Waals surface area contributed by atoms with Crippen molar-refractivity contribution in [3.05, 3.63) is 87.6 Å². The molecule has 1 heterocycles. The van der Waals surface area contributed by atoms with E-state index in [0.29, 0.717) is 52.4 Å². The number of aryl methyl sites for hydroxylation is 1. The van der Waals surface area contributed by atoms with Gasteiger partial charge in [0.25, 0.3) is 15.9 Å². The highest BCUT2D eigenvalue weighted by Gasteiger charge is 2.28. The minimum atomic E-state index is -4.02. The number of hydrazone groups is 1. The molecule has 2 aromatic carbocycles. The first-order chi connectivity index (χ1) is 16.7. The lowest BCUT2D eigenvalue weighted by molar-refractivity contribution is 0.0829. The first-order valence-electron chi connectivity index (χ1n) is 10.5. The van der Waals surface area contributed by atoms with Gasteiger partial charge < -0.3 is 4.42 Å². The topological polar surface area (TPSA) is 130 Å². The van der Waals surface area contributed by atoms with E-state index >= 15 is 0 Å². The highest BCUT2D eigenvalue weighted by molar-refractivity contribution is 7.89. The highest BCUT2D eigenvalue weighted by atomic mass is 35.5. The summed E-state index contributed by atoms with van der Waals surface area (Å²) in [5.41, 5.74) is 6.32. The lowest BCUT2D eigenvalue weighted by Gasteiger charge is -2.14. The zero-order valence-corrected chi connectivity index (χ0v) is 20.0. The Morgan fingerprint density at radius 1 is 1.00 bits per heavy atom. The van der Waals surface area contributed by atoms with Crippen LogP contribution < -0.4 is 15.7 Å². The molecule has 0 saturated heterocycles. The Labute approximate surface area is 205 Å². The Hall–Kier alpha value is -3.70. The molecule has 4 rings (SSSR count). The molecule has 1 aliphatic carbocycles. The summed E-state index contributed by atoms with van der Waals surface area (Å²) in [7, 11) is -4.02. The molecular formula is C23H20ClFN4O5S. The molecule has 35 heavy (non-hydrogen) atoms. The molecule has 2 amide bonds. The van der Waals surface area contributed by atoms with Gasteiger partial charge in [0.1, 0.15) is 11.6 Å². The molecule has 0 atom stereocenters. The monoisotopic (exact) mass is 518 g/mol. The van der Waals surface area contributed by atoms with Crippen molar-refractivity contribution >= 4 is 39.2 Å². The second-order valence-corrected chi connectivity index (χ2v) is 9.83. The summed E-state index contributed by atoms with van der Waals surface area (Å²) in [6.45, 7) is 1.65. The van der Waals surface area contributed by atoms with Gasteiger partial charge in [-0.05, 0) is 68.3 Å². The van der Waals surface area contributed by atoms with Crippen LogP contribution in [0.3, 0.4) is 0 Å². The van der Waals surface area contributed by atoms with Crippen LogP contribution >= 0.6 is 11.6 Å². The van der Waals surface area contributed by atoms with Crippen LogP contribution in [0, 0.1) is 12.7 Å². The van der Waals surface area contributed by atoms with Crippen molar-refractivity contribution in [3.63, 3.8) is 0 Å². The van der Waals surface area contributed by atoms with Crippen molar-refractivity contribution < 1.29 is 26.8 Å². The van der Waals surface area contributed by atoms with Gasteiger partial charge in [-0.2, -0.15) is 18.4 Å². The van der Waals surface area contributed by atoms with Gasteiger partial charge in [0.15, 0.2) is 5.76 Å². The summed E-state index contributed by atoms with van der Waals surface area (Å²) < 4.78 is 43.9. The van der Waals surface area contributed by atoms with Crippen molar-refractivity contribution in [2.45, 2.75) is 31.1 Å². The number of carbonyl (C=O) groups excluding carboxylic acids is 2. The van der Waals surface area contributed by atoms with E-state index in [1.807, 2.05) is 0 Å². The zero-order valence-electron chi connectivity index (χ0n) is 18.4. The third kappa shape index (κ3) is 5.36. The SMILES string of the molecule is Cc1c(C(=O)NNC(=O)c2ccc(Cl)cc2)oc2c1/C(=N/NS(=O)(=O)c1ccc(F)cc1)CCC2. The fourth-order valence-corrected chi connectivity index (χ4v) is 4.58. The van der Waals surface area contributed by atoms with Gasteiger partial charge >= 0.3 is 5.91 Å². The van der Waals surface area contributed by atoms with E-state index in [1.54, 1.807) is 19.1 Å². The van der Waals surface area contributed by atoms with Gasteiger partial charge in [-0.1, -0.05) is 11.6 Å². The van der Waals surface area contributed by atoms with Crippen LogP contribution in [-0.2, 0) is 16.4 Å². The van der Waals surface area contributed by atoms with E-state index in [-0.39, 0.29) is 10.7 Å². The maximum Gasteiger partial charge on any atom is 0.305 e. The molecule has 0 saturated carbocycles. The zero-order chi connectivity index (χ0) is 25.2. The second kappa shape index (κ2) is 9.88. The number of sulfonamides is 1. The quantitative estimate of drug-likeness (QED) is 0.445. The number of hydrogen-bond donors (Lipinski definition) is 3. The van der Waals surface area contributed by atoms with Gasteiger partial charge in [0.05, 0.1) is 10.6 Å². The minimum absolute atomic E-state index is 0.0256. The van der Waals surface area contributed by atoms with E-state index in [2.05, 4.69) is 20.8 Å². The molecule has 0 spiro atoms. The molecule has 0 radical (unpaired) electrons. The van der Waals surface area contributed by atoms with Crippen molar-refractivity contribution in [1.82, 2.24) is 15.7 Å². The fourth-order valence-electron chi connectivity index (χ4n) is 3.62. The number of fused-ring (bicyclic) bond motifs is 1. The summed E-state index contributed by atoms with van der Waals surface area (Å²) in [4.78, 5) is 26.9. The average molecular weight is 519 g/mol. The minimum Gasteiger partial charge on any atom is -0.455 e. The molecule has 3 N–H and O–H groups in total. The predicted octanol–water partition coefficient (Wildman–Crippen LogP) is 3.47.